The molecule has 0 spiro atoms. The number of carbonyl (C=O) groups excluding carboxylic acids is 1. The van der Waals surface area contributed by atoms with Gasteiger partial charge in [0, 0.05) is 25.5 Å². The first-order valence-corrected chi connectivity index (χ1v) is 8.82. The maximum absolute atomic E-state index is 12.6. The van der Waals surface area contributed by atoms with E-state index in [1.165, 1.54) is 11.3 Å². The molecule has 0 bridgehead atoms. The molecule has 1 N–H and O–H groups in total. The molecule has 1 aliphatic heterocycles. The van der Waals surface area contributed by atoms with Gasteiger partial charge in [0.05, 0.1) is 6.20 Å². The number of nitrogens with one attached hydrogen (secondary N) is 1. The first kappa shape index (κ1) is 21.8. The van der Waals surface area contributed by atoms with Crippen LogP contribution in [0.1, 0.15) is 29.4 Å². The van der Waals surface area contributed by atoms with Crippen LogP contribution in [0.5, 0.6) is 0 Å². The Morgan fingerprint density at radius 2 is 1.92 bits per heavy atom. The predicted octanol–water partition coefficient (Wildman–Crippen LogP) is 2.91. The highest BCUT2D eigenvalue weighted by Crippen LogP contribution is 2.25. The Morgan fingerprint density at radius 1 is 1.24 bits per heavy atom. The molecule has 2 aromatic rings. The van der Waals surface area contributed by atoms with Crippen molar-refractivity contribution in [3.63, 3.8) is 0 Å². The number of likely N-dealkylation sites (tertiary alicyclic amines) is 1. The van der Waals surface area contributed by atoms with Gasteiger partial charge in [-0.3, -0.25) is 4.79 Å². The molecule has 1 fully saturated rings. The molecule has 3 heterocycles. The van der Waals surface area contributed by atoms with Crippen LogP contribution in [0.4, 0.5) is 0 Å². The van der Waals surface area contributed by atoms with Crippen LogP contribution in [0.25, 0.3) is 10.8 Å². The summed E-state index contributed by atoms with van der Waals surface area (Å²) in [5, 5.41) is 4.08. The zero-order valence-electron chi connectivity index (χ0n) is 14.1. The second-order valence-electron chi connectivity index (χ2n) is 5.65. The average Bonchev–Trinajstić information content (AvgIpc) is 3.11. The number of carbonyl (C=O) groups is 1. The SMILES string of the molecule is CCNCC1CCN(C(=O)c2cnc(-c3ncccn3)s2)CC1.Cl.Cl. The fraction of sp³-hybridized carbons (Fsp3) is 0.500. The van der Waals surface area contributed by atoms with Crippen molar-refractivity contribution >= 4 is 42.1 Å². The molecular weight excluding hydrogens is 381 g/mol. The molecule has 0 aliphatic carbocycles. The number of rotatable bonds is 5. The maximum Gasteiger partial charge on any atom is 0.265 e. The maximum atomic E-state index is 12.6. The van der Waals surface area contributed by atoms with Gasteiger partial charge in [0.25, 0.3) is 5.91 Å². The quantitative estimate of drug-likeness (QED) is 0.830. The van der Waals surface area contributed by atoms with E-state index >= 15 is 0 Å². The van der Waals surface area contributed by atoms with Crippen molar-refractivity contribution < 1.29 is 4.79 Å². The van der Waals surface area contributed by atoms with Crippen LogP contribution in [0.2, 0.25) is 0 Å². The van der Waals surface area contributed by atoms with E-state index in [4.69, 9.17) is 0 Å². The summed E-state index contributed by atoms with van der Waals surface area (Å²) in [4.78, 5) is 27.9. The zero-order valence-corrected chi connectivity index (χ0v) is 16.5. The average molecular weight is 404 g/mol. The van der Waals surface area contributed by atoms with E-state index in [-0.39, 0.29) is 30.7 Å². The predicted molar refractivity (Wildman–Crippen MR) is 105 cm³/mol. The second kappa shape index (κ2) is 10.7. The van der Waals surface area contributed by atoms with Crippen molar-refractivity contribution in [1.29, 1.82) is 0 Å². The van der Waals surface area contributed by atoms with Gasteiger partial charge in [-0.2, -0.15) is 0 Å². The summed E-state index contributed by atoms with van der Waals surface area (Å²) < 4.78 is 0. The first-order valence-electron chi connectivity index (χ1n) is 8.01. The highest BCUT2D eigenvalue weighted by Gasteiger charge is 2.25. The van der Waals surface area contributed by atoms with Gasteiger partial charge in [0.15, 0.2) is 10.8 Å². The van der Waals surface area contributed by atoms with Gasteiger partial charge in [-0.25, -0.2) is 15.0 Å². The fourth-order valence-corrected chi connectivity index (χ4v) is 3.56. The van der Waals surface area contributed by atoms with Gasteiger partial charge in [-0.15, -0.1) is 36.2 Å². The Balaban J connectivity index is 0.00000156. The molecule has 2 aromatic heterocycles. The number of hydrogen-bond acceptors (Lipinski definition) is 6. The normalized spacial score (nSPS) is 14.5. The molecule has 0 unspecified atom stereocenters. The minimum absolute atomic E-state index is 0. The molecule has 0 saturated carbocycles. The van der Waals surface area contributed by atoms with Crippen molar-refractivity contribution in [3.8, 4) is 10.8 Å². The van der Waals surface area contributed by atoms with E-state index in [0.717, 1.165) is 39.0 Å². The van der Waals surface area contributed by atoms with E-state index in [2.05, 4.69) is 27.2 Å². The number of halogens is 2. The lowest BCUT2D eigenvalue weighted by atomic mass is 9.96. The minimum Gasteiger partial charge on any atom is -0.338 e. The van der Waals surface area contributed by atoms with Crippen LogP contribution in [0.3, 0.4) is 0 Å². The Bertz CT molecular complexity index is 647. The molecule has 6 nitrogen and oxygen atoms in total. The standard InChI is InChI=1S/C16H21N5OS.2ClH/c1-2-17-10-12-4-8-21(9-5-12)16(22)13-11-20-15(23-13)14-18-6-3-7-19-14;;/h3,6-7,11-12,17H,2,4-5,8-10H2,1H3;2*1H. The van der Waals surface area contributed by atoms with Gasteiger partial charge >= 0.3 is 0 Å². The Hall–Kier alpha value is -1.28. The Morgan fingerprint density at radius 3 is 2.56 bits per heavy atom. The third kappa shape index (κ3) is 5.60. The summed E-state index contributed by atoms with van der Waals surface area (Å²) in [6.07, 6.45) is 7.13. The van der Waals surface area contributed by atoms with Crippen molar-refractivity contribution in [1.82, 2.24) is 25.2 Å². The zero-order chi connectivity index (χ0) is 16.1. The van der Waals surface area contributed by atoms with Gasteiger partial charge in [0.1, 0.15) is 4.88 Å². The highest BCUT2D eigenvalue weighted by molar-refractivity contribution is 7.16. The molecule has 1 amide bonds. The summed E-state index contributed by atoms with van der Waals surface area (Å²) in [5.41, 5.74) is 0. The van der Waals surface area contributed by atoms with E-state index in [1.807, 2.05) is 4.90 Å². The topological polar surface area (TPSA) is 71.0 Å². The molecule has 0 radical (unpaired) electrons. The molecule has 1 aliphatic rings. The van der Waals surface area contributed by atoms with Crippen molar-refractivity contribution in [2.45, 2.75) is 19.8 Å². The van der Waals surface area contributed by atoms with Crippen LogP contribution in [0.15, 0.2) is 24.7 Å². The summed E-state index contributed by atoms with van der Waals surface area (Å²) in [6.45, 7) is 5.82. The first-order chi connectivity index (χ1) is 11.3. The Labute approximate surface area is 164 Å². The summed E-state index contributed by atoms with van der Waals surface area (Å²) in [7, 11) is 0. The highest BCUT2D eigenvalue weighted by atomic mass is 35.5. The summed E-state index contributed by atoms with van der Waals surface area (Å²) in [6, 6.07) is 1.76. The van der Waals surface area contributed by atoms with Crippen molar-refractivity contribution in [3.05, 3.63) is 29.5 Å². The Kier molecular flexibility index (Phi) is 9.27. The molecule has 9 heteroatoms. The largest absolute Gasteiger partial charge is 0.338 e. The number of nitrogens with zero attached hydrogens (tertiary/aromatic N) is 4. The van der Waals surface area contributed by atoms with Crippen LogP contribution in [-0.4, -0.2) is 51.9 Å². The molecule has 25 heavy (non-hydrogen) atoms. The van der Waals surface area contributed by atoms with Crippen LogP contribution < -0.4 is 5.32 Å². The van der Waals surface area contributed by atoms with Gasteiger partial charge in [-0.1, -0.05) is 6.92 Å². The van der Waals surface area contributed by atoms with Crippen molar-refractivity contribution in [2.24, 2.45) is 5.92 Å². The number of thiazole rings is 1. The minimum atomic E-state index is 0. The molecule has 1 saturated heterocycles. The lowest BCUT2D eigenvalue weighted by molar-refractivity contribution is 0.0695. The smallest absolute Gasteiger partial charge is 0.265 e. The summed E-state index contributed by atoms with van der Waals surface area (Å²) >= 11 is 1.36. The van der Waals surface area contributed by atoms with Gasteiger partial charge in [0.2, 0.25) is 0 Å². The number of aromatic nitrogens is 3. The number of amides is 1. The van der Waals surface area contributed by atoms with Gasteiger partial charge in [-0.05, 0) is 37.9 Å². The fourth-order valence-electron chi connectivity index (χ4n) is 2.73. The molecule has 0 aromatic carbocycles. The lowest BCUT2D eigenvalue weighted by Crippen LogP contribution is -2.40. The third-order valence-electron chi connectivity index (χ3n) is 4.06. The third-order valence-corrected chi connectivity index (χ3v) is 5.04. The van der Waals surface area contributed by atoms with Crippen LogP contribution >= 0.6 is 36.2 Å². The number of hydrogen-bond donors (Lipinski definition) is 1. The van der Waals surface area contributed by atoms with E-state index < -0.39 is 0 Å². The lowest BCUT2D eigenvalue weighted by Gasteiger charge is -2.31. The van der Waals surface area contributed by atoms with Crippen LogP contribution in [-0.2, 0) is 0 Å². The molecular formula is C16H23Cl2N5OS. The molecule has 138 valence electrons. The van der Waals surface area contributed by atoms with E-state index in [9.17, 15) is 4.79 Å². The second-order valence-corrected chi connectivity index (χ2v) is 6.68. The van der Waals surface area contributed by atoms with Crippen molar-refractivity contribution in [2.75, 3.05) is 26.2 Å². The van der Waals surface area contributed by atoms with Gasteiger partial charge < -0.3 is 10.2 Å². The molecule has 3 rings (SSSR count). The van der Waals surface area contributed by atoms with E-state index in [0.29, 0.717) is 21.6 Å². The summed E-state index contributed by atoms with van der Waals surface area (Å²) in [5.74, 6) is 1.32. The molecule has 0 atom stereocenters. The van der Waals surface area contributed by atoms with E-state index in [1.54, 1.807) is 24.7 Å². The number of piperidine rings is 1. The monoisotopic (exact) mass is 403 g/mol. The van der Waals surface area contributed by atoms with Crippen LogP contribution in [0, 0.1) is 5.92 Å².